The summed E-state index contributed by atoms with van der Waals surface area (Å²) in [5.74, 6) is 0.345. The van der Waals surface area contributed by atoms with Gasteiger partial charge in [-0.3, -0.25) is 0 Å². The van der Waals surface area contributed by atoms with E-state index in [1.165, 1.54) is 22.4 Å². The molecule has 0 aromatic heterocycles. The first-order chi connectivity index (χ1) is 12.2. The first-order valence-electron chi connectivity index (χ1n) is 8.58. The molecule has 3 aromatic carbocycles. The third kappa shape index (κ3) is 3.35. The second-order valence-corrected chi connectivity index (χ2v) is 6.94. The predicted octanol–water partition coefficient (Wildman–Crippen LogP) is 5.39. The molecule has 0 radical (unpaired) electrons. The minimum absolute atomic E-state index is 0.243. The summed E-state index contributed by atoms with van der Waals surface area (Å²) in [5.41, 5.74) is 5.03. The highest BCUT2D eigenvalue weighted by atomic mass is 35.5. The minimum atomic E-state index is 0.243. The monoisotopic (exact) mass is 349 g/mol. The Labute approximate surface area is 153 Å². The van der Waals surface area contributed by atoms with Crippen molar-refractivity contribution < 1.29 is 5.11 Å². The van der Waals surface area contributed by atoms with Crippen LogP contribution in [0.25, 0.3) is 0 Å². The van der Waals surface area contributed by atoms with Gasteiger partial charge in [-0.15, -0.1) is 0 Å². The van der Waals surface area contributed by atoms with Gasteiger partial charge in [0.25, 0.3) is 0 Å². The Bertz CT molecular complexity index is 861. The van der Waals surface area contributed by atoms with E-state index >= 15 is 0 Å². The molecule has 1 unspecified atom stereocenters. The van der Waals surface area contributed by atoms with E-state index in [1.54, 1.807) is 6.07 Å². The Morgan fingerprint density at radius 1 is 0.960 bits per heavy atom. The van der Waals surface area contributed by atoms with Gasteiger partial charge in [0.15, 0.2) is 0 Å². The molecule has 0 spiro atoms. The first-order valence-corrected chi connectivity index (χ1v) is 8.96. The van der Waals surface area contributed by atoms with E-state index in [-0.39, 0.29) is 6.04 Å². The summed E-state index contributed by atoms with van der Waals surface area (Å²) in [4.78, 5) is 2.45. The Morgan fingerprint density at radius 3 is 2.48 bits per heavy atom. The number of fused-ring (bicyclic) bond motifs is 1. The number of halogens is 1. The predicted molar refractivity (Wildman–Crippen MR) is 103 cm³/mol. The maximum atomic E-state index is 9.85. The maximum absolute atomic E-state index is 9.85. The van der Waals surface area contributed by atoms with Crippen molar-refractivity contribution in [2.75, 3.05) is 11.4 Å². The average Bonchev–Trinajstić information content (AvgIpc) is 2.63. The van der Waals surface area contributed by atoms with Crippen molar-refractivity contribution >= 4 is 17.3 Å². The highest BCUT2D eigenvalue weighted by Crippen LogP contribution is 2.37. The molecule has 2 nitrogen and oxygen atoms in total. The minimum Gasteiger partial charge on any atom is -0.508 e. The van der Waals surface area contributed by atoms with Crippen LogP contribution in [0.3, 0.4) is 0 Å². The molecule has 3 heteroatoms. The van der Waals surface area contributed by atoms with Crippen molar-refractivity contribution in [1.82, 2.24) is 0 Å². The number of anilines is 1. The van der Waals surface area contributed by atoms with Crippen LogP contribution in [0.4, 0.5) is 5.69 Å². The lowest BCUT2D eigenvalue weighted by atomic mass is 9.88. The molecule has 0 saturated heterocycles. The third-order valence-corrected chi connectivity index (χ3v) is 5.17. The molecule has 0 bridgehead atoms. The fraction of sp³-hybridized carbons (Fsp3) is 0.182. The third-order valence-electron chi connectivity index (χ3n) is 4.91. The van der Waals surface area contributed by atoms with Crippen LogP contribution < -0.4 is 4.90 Å². The van der Waals surface area contributed by atoms with E-state index in [2.05, 4.69) is 47.4 Å². The SMILES string of the molecule is Oc1ccc2c(c1)CCN(c1ccc(Cl)cc1)C2Cc1ccccc1. The number of aromatic hydroxyl groups is 1. The number of nitrogens with zero attached hydrogens (tertiary/aromatic N) is 1. The number of rotatable bonds is 3. The van der Waals surface area contributed by atoms with Gasteiger partial charge in [0.05, 0.1) is 6.04 Å². The zero-order valence-corrected chi connectivity index (χ0v) is 14.7. The molecule has 126 valence electrons. The van der Waals surface area contributed by atoms with Crippen LogP contribution in [0.2, 0.25) is 5.02 Å². The van der Waals surface area contributed by atoms with Crippen LogP contribution >= 0.6 is 11.6 Å². The second kappa shape index (κ2) is 6.81. The lowest BCUT2D eigenvalue weighted by Crippen LogP contribution is -2.36. The smallest absolute Gasteiger partial charge is 0.115 e. The van der Waals surface area contributed by atoms with Crippen LogP contribution in [0.15, 0.2) is 72.8 Å². The van der Waals surface area contributed by atoms with Crippen LogP contribution in [0, 0.1) is 0 Å². The van der Waals surface area contributed by atoms with E-state index in [9.17, 15) is 5.11 Å². The summed E-state index contributed by atoms with van der Waals surface area (Å²) in [7, 11) is 0. The molecule has 0 fully saturated rings. The summed E-state index contributed by atoms with van der Waals surface area (Å²) in [5, 5.41) is 10.6. The van der Waals surface area contributed by atoms with Gasteiger partial charge >= 0.3 is 0 Å². The Morgan fingerprint density at radius 2 is 1.72 bits per heavy atom. The van der Waals surface area contributed by atoms with Gasteiger partial charge in [-0.2, -0.15) is 0 Å². The normalized spacial score (nSPS) is 16.5. The molecular formula is C22H20ClNO. The molecule has 4 rings (SSSR count). The van der Waals surface area contributed by atoms with Crippen LogP contribution in [-0.4, -0.2) is 11.7 Å². The topological polar surface area (TPSA) is 23.5 Å². The van der Waals surface area contributed by atoms with Crippen LogP contribution in [0.1, 0.15) is 22.7 Å². The molecule has 0 saturated carbocycles. The maximum Gasteiger partial charge on any atom is 0.115 e. The van der Waals surface area contributed by atoms with E-state index in [1.807, 2.05) is 24.3 Å². The summed E-state index contributed by atoms with van der Waals surface area (Å²) in [6, 6.07) is 24.7. The largest absolute Gasteiger partial charge is 0.508 e. The van der Waals surface area contributed by atoms with Crippen molar-refractivity contribution in [3.8, 4) is 5.75 Å². The Balaban J connectivity index is 1.75. The number of phenolic OH excluding ortho intramolecular Hbond substituents is 1. The van der Waals surface area contributed by atoms with Gasteiger partial charge in [0.2, 0.25) is 0 Å². The van der Waals surface area contributed by atoms with Crippen molar-refractivity contribution in [1.29, 1.82) is 0 Å². The Hall–Kier alpha value is -2.45. The van der Waals surface area contributed by atoms with Gasteiger partial charge in [0, 0.05) is 17.3 Å². The van der Waals surface area contributed by atoms with Crippen molar-refractivity contribution in [2.24, 2.45) is 0 Å². The molecule has 25 heavy (non-hydrogen) atoms. The highest BCUT2D eigenvalue weighted by molar-refractivity contribution is 6.30. The number of hydrogen-bond acceptors (Lipinski definition) is 2. The average molecular weight is 350 g/mol. The van der Waals surface area contributed by atoms with Crippen molar-refractivity contribution in [2.45, 2.75) is 18.9 Å². The van der Waals surface area contributed by atoms with Gasteiger partial charge in [-0.25, -0.2) is 0 Å². The zero-order chi connectivity index (χ0) is 17.2. The van der Waals surface area contributed by atoms with Crippen LogP contribution in [-0.2, 0) is 12.8 Å². The molecule has 1 aliphatic rings. The van der Waals surface area contributed by atoms with Gasteiger partial charge in [0.1, 0.15) is 5.75 Å². The van der Waals surface area contributed by atoms with E-state index in [0.29, 0.717) is 5.75 Å². The fourth-order valence-electron chi connectivity index (χ4n) is 3.70. The van der Waals surface area contributed by atoms with Crippen LogP contribution in [0.5, 0.6) is 5.75 Å². The molecule has 1 atom stereocenters. The van der Waals surface area contributed by atoms with E-state index < -0.39 is 0 Å². The summed E-state index contributed by atoms with van der Waals surface area (Å²) in [6.45, 7) is 0.926. The van der Waals surface area contributed by atoms with Crippen molar-refractivity contribution in [3.05, 3.63) is 94.5 Å². The first kappa shape index (κ1) is 16.0. The molecular weight excluding hydrogens is 330 g/mol. The quantitative estimate of drug-likeness (QED) is 0.685. The van der Waals surface area contributed by atoms with Gasteiger partial charge < -0.3 is 10.0 Å². The lowest BCUT2D eigenvalue weighted by molar-refractivity contribution is 0.472. The number of benzene rings is 3. The molecule has 1 heterocycles. The standard InChI is InChI=1S/C22H20ClNO/c23-18-6-8-19(9-7-18)24-13-12-17-15-20(25)10-11-21(17)22(24)14-16-4-2-1-3-5-16/h1-11,15,22,25H,12-14H2. The summed E-state index contributed by atoms with van der Waals surface area (Å²) >= 11 is 6.07. The second-order valence-electron chi connectivity index (χ2n) is 6.51. The van der Waals surface area contributed by atoms with Crippen molar-refractivity contribution in [3.63, 3.8) is 0 Å². The number of hydrogen-bond donors (Lipinski definition) is 1. The molecule has 0 aliphatic carbocycles. The lowest BCUT2D eigenvalue weighted by Gasteiger charge is -2.39. The molecule has 3 aromatic rings. The molecule has 1 aliphatic heterocycles. The van der Waals surface area contributed by atoms with Gasteiger partial charge in [-0.05, 0) is 65.9 Å². The van der Waals surface area contributed by atoms with E-state index in [0.717, 1.165) is 24.4 Å². The summed E-state index contributed by atoms with van der Waals surface area (Å²) in [6.07, 6.45) is 1.86. The zero-order valence-electron chi connectivity index (χ0n) is 13.9. The van der Waals surface area contributed by atoms with Gasteiger partial charge in [-0.1, -0.05) is 48.0 Å². The molecule has 1 N–H and O–H groups in total. The van der Waals surface area contributed by atoms with E-state index in [4.69, 9.17) is 11.6 Å². The summed E-state index contributed by atoms with van der Waals surface area (Å²) < 4.78 is 0. The number of phenols is 1. The Kier molecular flexibility index (Phi) is 4.37. The fourth-order valence-corrected chi connectivity index (χ4v) is 3.82. The highest BCUT2D eigenvalue weighted by Gasteiger charge is 2.28. The molecule has 0 amide bonds.